The van der Waals surface area contributed by atoms with Gasteiger partial charge in [0.2, 0.25) is 0 Å². The molecule has 1 aliphatic heterocycles. The SMILES string of the molecule is CN=C(NCCCOCC1CCCO1)NCCCc1nnc(SC)n1CC(C)C. The molecule has 29 heavy (non-hydrogen) atoms. The molecule has 8 nitrogen and oxygen atoms in total. The van der Waals surface area contributed by atoms with Crippen molar-refractivity contribution in [2.24, 2.45) is 10.9 Å². The minimum Gasteiger partial charge on any atom is -0.379 e. The van der Waals surface area contributed by atoms with E-state index in [1.807, 2.05) is 0 Å². The van der Waals surface area contributed by atoms with Gasteiger partial charge in [0.05, 0.1) is 12.7 Å². The maximum absolute atomic E-state index is 5.69. The highest BCUT2D eigenvalue weighted by Gasteiger charge is 2.15. The van der Waals surface area contributed by atoms with Crippen LogP contribution in [0.2, 0.25) is 0 Å². The van der Waals surface area contributed by atoms with Gasteiger partial charge >= 0.3 is 0 Å². The lowest BCUT2D eigenvalue weighted by atomic mass is 10.2. The van der Waals surface area contributed by atoms with Crippen molar-refractivity contribution >= 4 is 17.7 Å². The molecule has 0 amide bonds. The highest BCUT2D eigenvalue weighted by Crippen LogP contribution is 2.16. The van der Waals surface area contributed by atoms with Crippen molar-refractivity contribution in [3.63, 3.8) is 0 Å². The molecule has 0 spiro atoms. The Kier molecular flexibility index (Phi) is 11.4. The summed E-state index contributed by atoms with van der Waals surface area (Å²) in [6.45, 7) is 9.43. The molecule has 1 unspecified atom stereocenters. The summed E-state index contributed by atoms with van der Waals surface area (Å²) in [5, 5.41) is 16.4. The third-order valence-electron chi connectivity index (χ3n) is 4.70. The molecule has 0 bridgehead atoms. The van der Waals surface area contributed by atoms with Gasteiger partial charge in [-0.1, -0.05) is 25.6 Å². The largest absolute Gasteiger partial charge is 0.379 e. The van der Waals surface area contributed by atoms with Gasteiger partial charge < -0.3 is 24.7 Å². The summed E-state index contributed by atoms with van der Waals surface area (Å²) in [6.07, 6.45) is 7.47. The van der Waals surface area contributed by atoms with Gasteiger partial charge in [-0.2, -0.15) is 0 Å². The van der Waals surface area contributed by atoms with E-state index in [4.69, 9.17) is 9.47 Å². The predicted molar refractivity (Wildman–Crippen MR) is 119 cm³/mol. The van der Waals surface area contributed by atoms with Crippen LogP contribution in [0.4, 0.5) is 0 Å². The highest BCUT2D eigenvalue weighted by atomic mass is 32.2. The van der Waals surface area contributed by atoms with Gasteiger partial charge in [0.1, 0.15) is 5.82 Å². The van der Waals surface area contributed by atoms with E-state index in [0.717, 1.165) is 81.9 Å². The zero-order valence-electron chi connectivity index (χ0n) is 18.4. The fourth-order valence-corrected chi connectivity index (χ4v) is 3.77. The molecule has 1 aromatic rings. The summed E-state index contributed by atoms with van der Waals surface area (Å²) in [6, 6.07) is 0. The summed E-state index contributed by atoms with van der Waals surface area (Å²) >= 11 is 1.66. The average Bonchev–Trinajstić information content (AvgIpc) is 3.35. The zero-order chi connectivity index (χ0) is 20.9. The molecular weight excluding hydrogens is 388 g/mol. The number of hydrogen-bond donors (Lipinski definition) is 2. The smallest absolute Gasteiger partial charge is 0.190 e. The molecule has 0 aliphatic carbocycles. The highest BCUT2D eigenvalue weighted by molar-refractivity contribution is 7.98. The molecule has 0 radical (unpaired) electrons. The van der Waals surface area contributed by atoms with Gasteiger partial charge in [0.25, 0.3) is 0 Å². The predicted octanol–water partition coefficient (Wildman–Crippen LogP) is 2.34. The van der Waals surface area contributed by atoms with Crippen molar-refractivity contribution in [1.82, 2.24) is 25.4 Å². The van der Waals surface area contributed by atoms with Crippen LogP contribution < -0.4 is 10.6 Å². The monoisotopic (exact) mass is 426 g/mol. The number of aromatic nitrogens is 3. The van der Waals surface area contributed by atoms with Crippen LogP contribution in [-0.2, 0) is 22.4 Å². The number of nitrogens with zero attached hydrogens (tertiary/aromatic N) is 4. The number of thioether (sulfide) groups is 1. The van der Waals surface area contributed by atoms with Crippen molar-refractivity contribution < 1.29 is 9.47 Å². The van der Waals surface area contributed by atoms with E-state index in [9.17, 15) is 0 Å². The Morgan fingerprint density at radius 1 is 1.31 bits per heavy atom. The minimum atomic E-state index is 0.302. The Morgan fingerprint density at radius 2 is 2.10 bits per heavy atom. The Morgan fingerprint density at radius 3 is 2.76 bits per heavy atom. The summed E-state index contributed by atoms with van der Waals surface area (Å²) in [4.78, 5) is 4.28. The van der Waals surface area contributed by atoms with Crippen LogP contribution in [0.1, 0.15) is 45.4 Å². The average molecular weight is 427 g/mol. The van der Waals surface area contributed by atoms with Gasteiger partial charge in [0, 0.05) is 46.3 Å². The lowest BCUT2D eigenvalue weighted by molar-refractivity contribution is 0.0168. The summed E-state index contributed by atoms with van der Waals surface area (Å²) in [5.74, 6) is 2.47. The fraction of sp³-hybridized carbons (Fsp3) is 0.850. The zero-order valence-corrected chi connectivity index (χ0v) is 19.3. The molecule has 0 aromatic carbocycles. The molecule has 1 atom stereocenters. The molecule has 1 fully saturated rings. The first-order valence-corrected chi connectivity index (χ1v) is 12.0. The van der Waals surface area contributed by atoms with Gasteiger partial charge in [-0.25, -0.2) is 0 Å². The second kappa shape index (κ2) is 13.8. The summed E-state index contributed by atoms with van der Waals surface area (Å²) in [5.41, 5.74) is 0. The van der Waals surface area contributed by atoms with Crippen LogP contribution in [0.3, 0.4) is 0 Å². The summed E-state index contributed by atoms with van der Waals surface area (Å²) in [7, 11) is 1.80. The fourth-order valence-electron chi connectivity index (χ4n) is 3.25. The molecule has 0 saturated carbocycles. The van der Waals surface area contributed by atoms with Crippen molar-refractivity contribution in [2.45, 2.75) is 63.8 Å². The Labute approximate surface area is 179 Å². The quantitative estimate of drug-likeness (QED) is 0.217. The van der Waals surface area contributed by atoms with E-state index < -0.39 is 0 Å². The van der Waals surface area contributed by atoms with E-state index >= 15 is 0 Å². The first kappa shape index (κ1) is 24.0. The maximum atomic E-state index is 5.69. The molecule has 9 heteroatoms. The van der Waals surface area contributed by atoms with E-state index in [-0.39, 0.29) is 0 Å². The third kappa shape index (κ3) is 8.92. The van der Waals surface area contributed by atoms with Gasteiger partial charge in [0.15, 0.2) is 11.1 Å². The third-order valence-corrected chi connectivity index (χ3v) is 5.37. The Balaban J connectivity index is 1.58. The van der Waals surface area contributed by atoms with Gasteiger partial charge in [-0.15, -0.1) is 10.2 Å². The molecule has 166 valence electrons. The second-order valence-electron chi connectivity index (χ2n) is 7.70. The maximum Gasteiger partial charge on any atom is 0.190 e. The second-order valence-corrected chi connectivity index (χ2v) is 8.47. The number of hydrogen-bond acceptors (Lipinski definition) is 6. The molecule has 1 aliphatic rings. The van der Waals surface area contributed by atoms with Crippen molar-refractivity contribution in [1.29, 1.82) is 0 Å². The topological polar surface area (TPSA) is 85.6 Å². The Bertz CT molecular complexity index is 602. The molecule has 1 aromatic heterocycles. The Hall–Kier alpha value is -1.32. The van der Waals surface area contributed by atoms with Crippen LogP contribution >= 0.6 is 11.8 Å². The van der Waals surface area contributed by atoms with Crippen LogP contribution in [0, 0.1) is 5.92 Å². The van der Waals surface area contributed by atoms with E-state index in [1.165, 1.54) is 0 Å². The lowest BCUT2D eigenvalue weighted by Gasteiger charge is -2.14. The minimum absolute atomic E-state index is 0.302. The van der Waals surface area contributed by atoms with Crippen molar-refractivity contribution in [3.05, 3.63) is 5.82 Å². The van der Waals surface area contributed by atoms with Gasteiger partial charge in [-0.3, -0.25) is 4.99 Å². The van der Waals surface area contributed by atoms with Crippen LogP contribution in [0.25, 0.3) is 0 Å². The number of rotatable bonds is 13. The van der Waals surface area contributed by atoms with Crippen molar-refractivity contribution in [3.8, 4) is 0 Å². The normalized spacial score (nSPS) is 17.3. The molecular formula is C20H38N6O2S. The number of aliphatic imine (C=N–C) groups is 1. The first-order chi connectivity index (χ1) is 14.1. The number of guanidine groups is 1. The molecule has 1 saturated heterocycles. The molecule has 2 heterocycles. The van der Waals surface area contributed by atoms with E-state index in [1.54, 1.807) is 18.8 Å². The summed E-state index contributed by atoms with van der Waals surface area (Å²) < 4.78 is 13.5. The van der Waals surface area contributed by atoms with E-state index in [2.05, 4.69) is 50.5 Å². The van der Waals surface area contributed by atoms with Crippen LogP contribution in [0.15, 0.2) is 10.1 Å². The molecule has 2 N–H and O–H groups in total. The standard InChI is InChI=1S/C20H38N6O2S/c1-16(2)14-26-18(24-25-20(26)29-4)9-5-10-22-19(21-3)23-11-7-12-27-15-17-8-6-13-28-17/h16-17H,5-15H2,1-4H3,(H2,21,22,23). The molecule has 2 rings (SSSR count). The van der Waals surface area contributed by atoms with Crippen molar-refractivity contribution in [2.75, 3.05) is 46.2 Å². The van der Waals surface area contributed by atoms with Crippen LogP contribution in [0.5, 0.6) is 0 Å². The van der Waals surface area contributed by atoms with Crippen LogP contribution in [-0.4, -0.2) is 73.0 Å². The first-order valence-electron chi connectivity index (χ1n) is 10.7. The number of nitrogens with one attached hydrogen (secondary N) is 2. The van der Waals surface area contributed by atoms with Gasteiger partial charge in [-0.05, 0) is 37.9 Å². The number of aryl methyl sites for hydroxylation is 1. The lowest BCUT2D eigenvalue weighted by Crippen LogP contribution is -2.38. The van der Waals surface area contributed by atoms with E-state index in [0.29, 0.717) is 18.6 Å². The number of ether oxygens (including phenoxy) is 2.